The van der Waals surface area contributed by atoms with Crippen molar-refractivity contribution >= 4 is 0 Å². The van der Waals surface area contributed by atoms with Crippen molar-refractivity contribution < 1.29 is 0 Å². The van der Waals surface area contributed by atoms with Gasteiger partial charge in [-0.2, -0.15) is 10.5 Å². The second kappa shape index (κ2) is 3.16. The van der Waals surface area contributed by atoms with Gasteiger partial charge in [-0.05, 0) is 24.0 Å². The summed E-state index contributed by atoms with van der Waals surface area (Å²) in [4.78, 5) is 0. The summed E-state index contributed by atoms with van der Waals surface area (Å²) in [5, 5.41) is 17.9. The summed E-state index contributed by atoms with van der Waals surface area (Å²) >= 11 is 0. The third-order valence-electron chi connectivity index (χ3n) is 2.95. The van der Waals surface area contributed by atoms with E-state index in [9.17, 15) is 5.26 Å². The largest absolute Gasteiger partial charge is 0.198 e. The molecule has 1 aliphatic rings. The van der Waals surface area contributed by atoms with Crippen molar-refractivity contribution in [2.24, 2.45) is 0 Å². The van der Waals surface area contributed by atoms with Crippen LogP contribution in [0.1, 0.15) is 24.0 Å². The van der Waals surface area contributed by atoms with E-state index in [-0.39, 0.29) is 0 Å². The average Bonchev–Trinajstić information content (AvgIpc) is 2.59. The summed E-state index contributed by atoms with van der Waals surface area (Å²) in [5.41, 5.74) is 1.75. The highest BCUT2D eigenvalue weighted by Gasteiger charge is 2.38. The number of hydrogen-bond donors (Lipinski definition) is 0. The Labute approximate surface area is 83.4 Å². The zero-order valence-corrected chi connectivity index (χ0v) is 7.83. The van der Waals surface area contributed by atoms with Gasteiger partial charge in [-0.1, -0.05) is 24.3 Å². The maximum Gasteiger partial charge on any atom is 0.0957 e. The molecular formula is C12H10N2. The lowest BCUT2D eigenvalue weighted by molar-refractivity contribution is 0.558. The molecule has 0 bridgehead atoms. The standard InChI is InChI=1S/C12H10N2/c13-8-7-12(9-14)6-5-10-3-1-2-4-11(10)12/h1-4H,5-7H2. The molecule has 0 saturated carbocycles. The van der Waals surface area contributed by atoms with Gasteiger partial charge in [0.2, 0.25) is 0 Å². The third kappa shape index (κ3) is 1.09. The lowest BCUT2D eigenvalue weighted by Crippen LogP contribution is -2.19. The van der Waals surface area contributed by atoms with Crippen LogP contribution in [0.3, 0.4) is 0 Å². The highest BCUT2D eigenvalue weighted by Crippen LogP contribution is 2.40. The monoisotopic (exact) mass is 182 g/mol. The maximum absolute atomic E-state index is 9.19. The van der Waals surface area contributed by atoms with E-state index in [0.29, 0.717) is 6.42 Å². The molecule has 0 amide bonds. The Hall–Kier alpha value is -1.80. The van der Waals surface area contributed by atoms with Crippen LogP contribution in [0.15, 0.2) is 24.3 Å². The van der Waals surface area contributed by atoms with Gasteiger partial charge in [0.05, 0.1) is 24.0 Å². The van der Waals surface area contributed by atoms with Crippen LogP contribution in [-0.4, -0.2) is 0 Å². The van der Waals surface area contributed by atoms with Gasteiger partial charge in [-0.3, -0.25) is 0 Å². The van der Waals surface area contributed by atoms with Gasteiger partial charge in [0, 0.05) is 0 Å². The summed E-state index contributed by atoms with van der Waals surface area (Å²) in [7, 11) is 0. The molecule has 0 fully saturated rings. The van der Waals surface area contributed by atoms with Crippen molar-refractivity contribution in [3.05, 3.63) is 35.4 Å². The van der Waals surface area contributed by atoms with E-state index in [1.54, 1.807) is 0 Å². The first-order valence-electron chi connectivity index (χ1n) is 4.69. The van der Waals surface area contributed by atoms with Crippen molar-refractivity contribution in [3.8, 4) is 12.1 Å². The third-order valence-corrected chi connectivity index (χ3v) is 2.95. The van der Waals surface area contributed by atoms with Crippen LogP contribution in [0, 0.1) is 22.7 Å². The Kier molecular flexibility index (Phi) is 1.98. The topological polar surface area (TPSA) is 47.6 Å². The molecule has 1 unspecified atom stereocenters. The van der Waals surface area contributed by atoms with Gasteiger partial charge >= 0.3 is 0 Å². The minimum Gasteiger partial charge on any atom is -0.198 e. The lowest BCUT2D eigenvalue weighted by Gasteiger charge is -2.17. The molecule has 1 atom stereocenters. The van der Waals surface area contributed by atoms with Gasteiger partial charge in [-0.15, -0.1) is 0 Å². The van der Waals surface area contributed by atoms with E-state index in [0.717, 1.165) is 18.4 Å². The van der Waals surface area contributed by atoms with Crippen molar-refractivity contribution in [1.29, 1.82) is 10.5 Å². The zero-order chi connectivity index (χ0) is 10.0. The van der Waals surface area contributed by atoms with Crippen molar-refractivity contribution in [2.45, 2.75) is 24.7 Å². The van der Waals surface area contributed by atoms with E-state index in [4.69, 9.17) is 5.26 Å². The van der Waals surface area contributed by atoms with Gasteiger partial charge in [0.15, 0.2) is 0 Å². The summed E-state index contributed by atoms with van der Waals surface area (Å²) in [6, 6.07) is 12.4. The van der Waals surface area contributed by atoms with Gasteiger partial charge < -0.3 is 0 Å². The number of hydrogen-bond acceptors (Lipinski definition) is 2. The molecule has 2 heteroatoms. The fraction of sp³-hybridized carbons (Fsp3) is 0.333. The van der Waals surface area contributed by atoms with E-state index in [2.05, 4.69) is 12.1 Å². The molecule has 0 heterocycles. The summed E-state index contributed by atoms with van der Waals surface area (Å²) < 4.78 is 0. The number of aryl methyl sites for hydroxylation is 1. The number of nitrogens with zero attached hydrogens (tertiary/aromatic N) is 2. The van der Waals surface area contributed by atoms with E-state index in [1.165, 1.54) is 5.56 Å². The minimum atomic E-state index is -0.536. The normalized spacial score (nSPS) is 23.6. The van der Waals surface area contributed by atoms with Crippen LogP contribution in [-0.2, 0) is 11.8 Å². The first-order chi connectivity index (χ1) is 6.82. The Balaban J connectivity index is 2.52. The number of benzene rings is 1. The SMILES string of the molecule is N#CCC1(C#N)CCc2ccccc21. The van der Waals surface area contributed by atoms with Crippen molar-refractivity contribution in [3.63, 3.8) is 0 Å². The van der Waals surface area contributed by atoms with Crippen LogP contribution in [0.4, 0.5) is 0 Å². The minimum absolute atomic E-state index is 0.306. The van der Waals surface area contributed by atoms with Crippen LogP contribution in [0.25, 0.3) is 0 Å². The predicted octanol–water partition coefficient (Wildman–Crippen LogP) is 2.31. The first kappa shape index (κ1) is 8.78. The van der Waals surface area contributed by atoms with Gasteiger partial charge in [0.1, 0.15) is 0 Å². The molecule has 14 heavy (non-hydrogen) atoms. The quantitative estimate of drug-likeness (QED) is 0.669. The van der Waals surface area contributed by atoms with E-state index < -0.39 is 5.41 Å². The van der Waals surface area contributed by atoms with Crippen LogP contribution in [0.5, 0.6) is 0 Å². The van der Waals surface area contributed by atoms with Gasteiger partial charge in [-0.25, -0.2) is 0 Å². The zero-order valence-electron chi connectivity index (χ0n) is 7.83. The molecule has 0 aromatic heterocycles. The first-order valence-corrected chi connectivity index (χ1v) is 4.69. The Morgan fingerprint density at radius 2 is 2.07 bits per heavy atom. The summed E-state index contributed by atoms with van der Waals surface area (Å²) in [5.74, 6) is 0. The maximum atomic E-state index is 9.19. The predicted molar refractivity (Wildman–Crippen MR) is 52.3 cm³/mol. The molecular weight excluding hydrogens is 172 g/mol. The molecule has 0 aliphatic heterocycles. The second-order valence-electron chi connectivity index (χ2n) is 3.69. The highest BCUT2D eigenvalue weighted by molar-refractivity contribution is 5.44. The molecule has 68 valence electrons. The molecule has 0 N–H and O–H groups in total. The fourth-order valence-electron chi connectivity index (χ4n) is 2.16. The van der Waals surface area contributed by atoms with Crippen molar-refractivity contribution in [1.82, 2.24) is 0 Å². The molecule has 2 nitrogen and oxygen atoms in total. The van der Waals surface area contributed by atoms with Gasteiger partial charge in [0.25, 0.3) is 0 Å². The van der Waals surface area contributed by atoms with Crippen LogP contribution in [0.2, 0.25) is 0 Å². The fourth-order valence-corrected chi connectivity index (χ4v) is 2.16. The highest BCUT2D eigenvalue weighted by atomic mass is 14.4. The molecule has 0 radical (unpaired) electrons. The van der Waals surface area contributed by atoms with Crippen LogP contribution >= 0.6 is 0 Å². The summed E-state index contributed by atoms with van der Waals surface area (Å²) in [6.45, 7) is 0. The Morgan fingerprint density at radius 1 is 1.29 bits per heavy atom. The average molecular weight is 182 g/mol. The Bertz CT molecular complexity index is 436. The number of nitriles is 2. The molecule has 0 saturated heterocycles. The Morgan fingerprint density at radius 3 is 2.79 bits per heavy atom. The molecule has 1 aromatic carbocycles. The van der Waals surface area contributed by atoms with E-state index in [1.807, 2.05) is 24.3 Å². The molecule has 2 rings (SSSR count). The molecule has 1 aromatic rings. The summed E-state index contributed by atoms with van der Waals surface area (Å²) in [6.07, 6.45) is 2.02. The smallest absolute Gasteiger partial charge is 0.0957 e. The second-order valence-corrected chi connectivity index (χ2v) is 3.69. The number of rotatable bonds is 1. The lowest BCUT2D eigenvalue weighted by atomic mass is 9.81. The van der Waals surface area contributed by atoms with Crippen LogP contribution < -0.4 is 0 Å². The van der Waals surface area contributed by atoms with E-state index >= 15 is 0 Å². The molecule has 1 aliphatic carbocycles. The molecule has 0 spiro atoms. The number of fused-ring (bicyclic) bond motifs is 1. The van der Waals surface area contributed by atoms with Crippen molar-refractivity contribution in [2.75, 3.05) is 0 Å².